The van der Waals surface area contributed by atoms with Crippen LogP contribution in [0.2, 0.25) is 0 Å². The Labute approximate surface area is 127 Å². The van der Waals surface area contributed by atoms with Crippen molar-refractivity contribution in [3.63, 3.8) is 0 Å². The van der Waals surface area contributed by atoms with Crippen LogP contribution in [0.4, 0.5) is 0 Å². The maximum Gasteiger partial charge on any atom is 0.274 e. The molecule has 8 heteroatoms. The van der Waals surface area contributed by atoms with E-state index < -0.39 is 0 Å². The Morgan fingerprint density at radius 3 is 3.32 bits per heavy atom. The van der Waals surface area contributed by atoms with E-state index in [0.717, 1.165) is 16.9 Å². The highest BCUT2D eigenvalue weighted by Gasteiger charge is 2.24. The third-order valence-corrected chi connectivity index (χ3v) is 3.47. The number of rotatable bonds is 6. The van der Waals surface area contributed by atoms with E-state index in [1.54, 1.807) is 18.0 Å². The third kappa shape index (κ3) is 3.18. The van der Waals surface area contributed by atoms with E-state index in [-0.39, 0.29) is 5.91 Å². The molecule has 2 aromatic rings. The SMILES string of the molecule is COCCn1cc(CNC(=O)c2noc3c2COCC3)cn1. The van der Waals surface area contributed by atoms with Crippen LogP contribution in [0.5, 0.6) is 0 Å². The maximum absolute atomic E-state index is 12.2. The summed E-state index contributed by atoms with van der Waals surface area (Å²) in [6.07, 6.45) is 4.25. The van der Waals surface area contributed by atoms with Gasteiger partial charge in [0.1, 0.15) is 5.76 Å². The lowest BCUT2D eigenvalue weighted by Crippen LogP contribution is -2.25. The van der Waals surface area contributed by atoms with Gasteiger partial charge >= 0.3 is 0 Å². The first kappa shape index (κ1) is 14.7. The lowest BCUT2D eigenvalue weighted by atomic mass is 10.1. The third-order valence-electron chi connectivity index (χ3n) is 3.47. The average Bonchev–Trinajstić information content (AvgIpc) is 3.17. The van der Waals surface area contributed by atoms with Crippen LogP contribution in [0.1, 0.15) is 27.4 Å². The molecule has 0 aromatic carbocycles. The summed E-state index contributed by atoms with van der Waals surface area (Å²) in [6.45, 7) is 2.63. The average molecular weight is 306 g/mol. The molecule has 0 fully saturated rings. The van der Waals surface area contributed by atoms with Gasteiger partial charge in [-0.1, -0.05) is 5.16 Å². The second kappa shape index (κ2) is 6.71. The summed E-state index contributed by atoms with van der Waals surface area (Å²) in [6, 6.07) is 0. The quantitative estimate of drug-likeness (QED) is 0.836. The van der Waals surface area contributed by atoms with E-state index in [2.05, 4.69) is 15.6 Å². The summed E-state index contributed by atoms with van der Waals surface area (Å²) >= 11 is 0. The van der Waals surface area contributed by atoms with Crippen molar-refractivity contribution < 1.29 is 18.8 Å². The number of nitrogens with one attached hydrogen (secondary N) is 1. The minimum Gasteiger partial charge on any atom is -0.383 e. The van der Waals surface area contributed by atoms with Crippen molar-refractivity contribution in [2.75, 3.05) is 20.3 Å². The van der Waals surface area contributed by atoms with Gasteiger partial charge < -0.3 is 19.3 Å². The molecule has 2 aromatic heterocycles. The van der Waals surface area contributed by atoms with Gasteiger partial charge in [0.2, 0.25) is 0 Å². The molecule has 1 aliphatic rings. The lowest BCUT2D eigenvalue weighted by Gasteiger charge is -2.10. The van der Waals surface area contributed by atoms with Gasteiger partial charge in [-0.25, -0.2) is 0 Å². The Morgan fingerprint density at radius 1 is 1.55 bits per heavy atom. The zero-order valence-corrected chi connectivity index (χ0v) is 12.4. The van der Waals surface area contributed by atoms with Gasteiger partial charge in [0, 0.05) is 31.8 Å². The van der Waals surface area contributed by atoms with Crippen LogP contribution in [-0.2, 0) is 35.6 Å². The number of fused-ring (bicyclic) bond motifs is 1. The molecule has 1 aliphatic heterocycles. The molecular formula is C14H18N4O4. The fraction of sp³-hybridized carbons (Fsp3) is 0.500. The lowest BCUT2D eigenvalue weighted by molar-refractivity contribution is 0.0921. The van der Waals surface area contributed by atoms with Crippen LogP contribution in [0.3, 0.4) is 0 Å². The first-order valence-corrected chi connectivity index (χ1v) is 7.11. The summed E-state index contributed by atoms with van der Waals surface area (Å²) in [7, 11) is 1.65. The summed E-state index contributed by atoms with van der Waals surface area (Å²) < 4.78 is 17.3. The number of ether oxygens (including phenoxy) is 2. The van der Waals surface area contributed by atoms with E-state index in [1.807, 2.05) is 6.20 Å². The number of carbonyl (C=O) groups excluding carboxylic acids is 1. The zero-order chi connectivity index (χ0) is 15.4. The van der Waals surface area contributed by atoms with Crippen LogP contribution in [0, 0.1) is 0 Å². The van der Waals surface area contributed by atoms with Crippen LogP contribution < -0.4 is 5.32 Å². The van der Waals surface area contributed by atoms with Crippen molar-refractivity contribution in [2.45, 2.75) is 26.1 Å². The molecule has 0 spiro atoms. The summed E-state index contributed by atoms with van der Waals surface area (Å²) in [5, 5.41) is 10.9. The summed E-state index contributed by atoms with van der Waals surface area (Å²) in [5.41, 5.74) is 1.97. The van der Waals surface area contributed by atoms with Crippen molar-refractivity contribution in [3.8, 4) is 0 Å². The van der Waals surface area contributed by atoms with Crippen molar-refractivity contribution in [3.05, 3.63) is 35.0 Å². The molecule has 118 valence electrons. The Morgan fingerprint density at radius 2 is 2.45 bits per heavy atom. The van der Waals surface area contributed by atoms with E-state index in [0.29, 0.717) is 45.0 Å². The molecule has 0 saturated carbocycles. The number of methoxy groups -OCH3 is 1. The minimum absolute atomic E-state index is 0.264. The molecule has 0 aliphatic carbocycles. The fourth-order valence-corrected chi connectivity index (χ4v) is 2.28. The van der Waals surface area contributed by atoms with Gasteiger partial charge in [-0.3, -0.25) is 9.48 Å². The van der Waals surface area contributed by atoms with E-state index in [4.69, 9.17) is 14.0 Å². The van der Waals surface area contributed by atoms with Crippen LogP contribution in [0.15, 0.2) is 16.9 Å². The van der Waals surface area contributed by atoms with Crippen LogP contribution in [-0.4, -0.2) is 41.2 Å². The number of carbonyl (C=O) groups is 1. The molecule has 8 nitrogen and oxygen atoms in total. The van der Waals surface area contributed by atoms with Gasteiger partial charge in [-0.05, 0) is 0 Å². The molecule has 0 unspecified atom stereocenters. The first-order valence-electron chi connectivity index (χ1n) is 7.11. The van der Waals surface area contributed by atoms with E-state index >= 15 is 0 Å². The molecule has 3 heterocycles. The molecule has 22 heavy (non-hydrogen) atoms. The summed E-state index contributed by atoms with van der Waals surface area (Å²) in [4.78, 5) is 12.2. The van der Waals surface area contributed by atoms with Crippen molar-refractivity contribution >= 4 is 5.91 Å². The largest absolute Gasteiger partial charge is 0.383 e. The first-order chi connectivity index (χ1) is 10.8. The molecule has 0 atom stereocenters. The highest BCUT2D eigenvalue weighted by molar-refractivity contribution is 5.93. The monoisotopic (exact) mass is 306 g/mol. The van der Waals surface area contributed by atoms with Gasteiger partial charge in [0.15, 0.2) is 5.69 Å². The zero-order valence-electron chi connectivity index (χ0n) is 12.4. The van der Waals surface area contributed by atoms with Gasteiger partial charge in [0.05, 0.1) is 38.1 Å². The second-order valence-corrected chi connectivity index (χ2v) is 5.02. The molecule has 0 bridgehead atoms. The standard InChI is InChI=1S/C14H18N4O4/c1-20-5-3-18-8-10(7-16-18)6-15-14(19)13-11-9-21-4-2-12(11)22-17-13/h7-8H,2-6,9H2,1H3,(H,15,19). The normalized spacial score (nSPS) is 13.9. The number of amides is 1. The predicted molar refractivity (Wildman–Crippen MR) is 75.1 cm³/mol. The number of aromatic nitrogens is 3. The minimum atomic E-state index is -0.264. The predicted octanol–water partition coefficient (Wildman–Crippen LogP) is 0.520. The Bertz CT molecular complexity index is 649. The van der Waals surface area contributed by atoms with Crippen LogP contribution >= 0.6 is 0 Å². The molecule has 0 saturated heterocycles. The van der Waals surface area contributed by atoms with Crippen molar-refractivity contribution in [2.24, 2.45) is 0 Å². The maximum atomic E-state index is 12.2. The van der Waals surface area contributed by atoms with Gasteiger partial charge in [0.25, 0.3) is 5.91 Å². The highest BCUT2D eigenvalue weighted by Crippen LogP contribution is 2.20. The van der Waals surface area contributed by atoms with Gasteiger partial charge in [-0.2, -0.15) is 5.10 Å². The Hall–Kier alpha value is -2.19. The number of hydrogen-bond acceptors (Lipinski definition) is 6. The molecule has 1 N–H and O–H groups in total. The molecule has 1 amide bonds. The van der Waals surface area contributed by atoms with Gasteiger partial charge in [-0.15, -0.1) is 0 Å². The van der Waals surface area contributed by atoms with E-state index in [9.17, 15) is 4.79 Å². The van der Waals surface area contributed by atoms with Crippen molar-refractivity contribution in [1.29, 1.82) is 0 Å². The Kier molecular flexibility index (Phi) is 4.50. The molecule has 3 rings (SSSR count). The van der Waals surface area contributed by atoms with E-state index in [1.165, 1.54) is 0 Å². The van der Waals surface area contributed by atoms with Crippen molar-refractivity contribution in [1.82, 2.24) is 20.3 Å². The summed E-state index contributed by atoms with van der Waals surface area (Å²) in [5.74, 6) is 0.476. The topological polar surface area (TPSA) is 91.4 Å². The fourth-order valence-electron chi connectivity index (χ4n) is 2.28. The highest BCUT2D eigenvalue weighted by atomic mass is 16.5. The van der Waals surface area contributed by atoms with Crippen LogP contribution in [0.25, 0.3) is 0 Å². The molecule has 0 radical (unpaired) electrons. The number of hydrogen-bond donors (Lipinski definition) is 1. The Balaban J connectivity index is 1.58. The smallest absolute Gasteiger partial charge is 0.274 e. The number of nitrogens with zero attached hydrogens (tertiary/aromatic N) is 3. The second-order valence-electron chi connectivity index (χ2n) is 5.02. The molecular weight excluding hydrogens is 288 g/mol.